The Morgan fingerprint density at radius 2 is 2.00 bits per heavy atom. The Labute approximate surface area is 212 Å². The van der Waals surface area contributed by atoms with E-state index >= 15 is 0 Å². The zero-order valence-electron chi connectivity index (χ0n) is 18.6. The van der Waals surface area contributed by atoms with E-state index in [9.17, 15) is 24.3 Å². The number of carbonyl (C=O) groups excluding carboxylic acids is 3. The summed E-state index contributed by atoms with van der Waals surface area (Å²) >= 11 is 4.22. The van der Waals surface area contributed by atoms with Crippen molar-refractivity contribution in [3.63, 3.8) is 0 Å². The van der Waals surface area contributed by atoms with Crippen molar-refractivity contribution in [3.05, 3.63) is 46.1 Å². The van der Waals surface area contributed by atoms with Crippen molar-refractivity contribution in [1.82, 2.24) is 25.7 Å². The van der Waals surface area contributed by atoms with Gasteiger partial charge in [-0.15, -0.1) is 22.0 Å². The maximum absolute atomic E-state index is 12.8. The van der Waals surface area contributed by atoms with E-state index < -0.39 is 35.3 Å². The largest absolute Gasteiger partial charge is 0.477 e. The highest BCUT2D eigenvalue weighted by Crippen LogP contribution is 2.41. The maximum Gasteiger partial charge on any atom is 0.352 e. The fourth-order valence-corrected chi connectivity index (χ4v) is 6.80. The molecule has 2 aliphatic rings. The van der Waals surface area contributed by atoms with Crippen molar-refractivity contribution in [2.24, 2.45) is 0 Å². The average Bonchev–Trinajstić information content (AvgIpc) is 3.24. The van der Waals surface area contributed by atoms with Gasteiger partial charge in [0.2, 0.25) is 0 Å². The number of aryl methyl sites for hydroxylation is 1. The molecule has 14 heteroatoms. The highest BCUT2D eigenvalue weighted by atomic mass is 32.2. The lowest BCUT2D eigenvalue weighted by atomic mass is 10.0. The van der Waals surface area contributed by atoms with Crippen LogP contribution in [0.4, 0.5) is 4.79 Å². The van der Waals surface area contributed by atoms with Crippen LogP contribution in [-0.4, -0.2) is 67.0 Å². The van der Waals surface area contributed by atoms with Gasteiger partial charge in [-0.2, -0.15) is 0 Å². The summed E-state index contributed by atoms with van der Waals surface area (Å²) in [6.45, 7) is 3.35. The minimum atomic E-state index is -1.17. The number of nitrogens with zero attached hydrogens (tertiary/aromatic N) is 3. The van der Waals surface area contributed by atoms with Crippen LogP contribution in [0.15, 0.2) is 39.9 Å². The third-order valence-electron chi connectivity index (χ3n) is 5.05. The van der Waals surface area contributed by atoms with Gasteiger partial charge in [0.25, 0.3) is 5.91 Å². The van der Waals surface area contributed by atoms with Gasteiger partial charge in [0.1, 0.15) is 27.9 Å². The smallest absolute Gasteiger partial charge is 0.352 e. The predicted octanol–water partition coefficient (Wildman–Crippen LogP) is 1.99. The lowest BCUT2D eigenvalue weighted by molar-refractivity contribution is -0.148. The lowest BCUT2D eigenvalue weighted by Gasteiger charge is -2.49. The van der Waals surface area contributed by atoms with Gasteiger partial charge in [0.15, 0.2) is 4.34 Å². The molecule has 0 aliphatic carbocycles. The molecule has 3 amide bonds. The van der Waals surface area contributed by atoms with Gasteiger partial charge in [-0.25, -0.2) is 9.59 Å². The number of nitrogens with one attached hydrogen (secondary N) is 2. The maximum atomic E-state index is 12.8. The van der Waals surface area contributed by atoms with Crippen molar-refractivity contribution in [1.29, 1.82) is 0 Å². The molecule has 1 saturated heterocycles. The van der Waals surface area contributed by atoms with Crippen molar-refractivity contribution in [2.45, 2.75) is 36.1 Å². The second-order valence-corrected chi connectivity index (χ2v) is 11.1. The van der Waals surface area contributed by atoms with Gasteiger partial charge < -0.3 is 20.5 Å². The van der Waals surface area contributed by atoms with E-state index in [-0.39, 0.29) is 12.2 Å². The van der Waals surface area contributed by atoms with Crippen molar-refractivity contribution in [3.8, 4) is 5.75 Å². The van der Waals surface area contributed by atoms with Crippen LogP contribution >= 0.6 is 34.9 Å². The number of thioether (sulfide) groups is 2. The summed E-state index contributed by atoms with van der Waals surface area (Å²) in [6, 6.07) is 5.28. The molecule has 2 atom stereocenters. The molecule has 1 fully saturated rings. The number of β-lactam (4-membered cyclic amide) rings is 1. The molecule has 0 saturated carbocycles. The number of carboxylic acids is 1. The average molecular weight is 536 g/mol. The number of benzene rings is 1. The molecule has 0 radical (unpaired) electrons. The predicted molar refractivity (Wildman–Crippen MR) is 130 cm³/mol. The summed E-state index contributed by atoms with van der Waals surface area (Å²) in [5.74, 6) is -0.848. The zero-order chi connectivity index (χ0) is 25.1. The topological polar surface area (TPSA) is 151 Å². The molecule has 1 unspecified atom stereocenters. The summed E-state index contributed by atoms with van der Waals surface area (Å²) in [4.78, 5) is 49.3. The number of hydrogen-bond donors (Lipinski definition) is 3. The van der Waals surface area contributed by atoms with E-state index in [0.29, 0.717) is 22.8 Å². The van der Waals surface area contributed by atoms with Crippen molar-refractivity contribution >= 4 is 58.7 Å². The molecule has 2 aliphatic heterocycles. The van der Waals surface area contributed by atoms with Gasteiger partial charge in [-0.3, -0.25) is 14.5 Å². The van der Waals surface area contributed by atoms with Crippen molar-refractivity contribution < 1.29 is 29.0 Å². The molecule has 2 aromatic rings. The fourth-order valence-electron chi connectivity index (χ4n) is 3.50. The molecule has 35 heavy (non-hydrogen) atoms. The second kappa shape index (κ2) is 10.7. The molecule has 4 rings (SSSR count). The Morgan fingerprint density at radius 1 is 1.26 bits per heavy atom. The summed E-state index contributed by atoms with van der Waals surface area (Å²) in [5, 5.41) is 23.4. The third kappa shape index (κ3) is 5.77. The molecule has 3 N–H and O–H groups in total. The molecule has 1 aromatic heterocycles. The van der Waals surface area contributed by atoms with Gasteiger partial charge in [-0.05, 0) is 30.2 Å². The lowest BCUT2D eigenvalue weighted by Crippen LogP contribution is -2.71. The van der Waals surface area contributed by atoms with Gasteiger partial charge in [-0.1, -0.05) is 35.2 Å². The van der Waals surface area contributed by atoms with E-state index in [1.54, 1.807) is 24.3 Å². The number of aliphatic carboxylic acids is 1. The second-order valence-electron chi connectivity index (χ2n) is 7.59. The van der Waals surface area contributed by atoms with Gasteiger partial charge in [0.05, 0.1) is 0 Å². The number of aromatic nitrogens is 2. The van der Waals surface area contributed by atoms with Crippen LogP contribution in [0.3, 0.4) is 0 Å². The minimum Gasteiger partial charge on any atom is -0.477 e. The first-order valence-corrected chi connectivity index (χ1v) is 13.2. The van der Waals surface area contributed by atoms with E-state index in [4.69, 9.17) is 4.74 Å². The summed E-state index contributed by atoms with van der Waals surface area (Å²) in [7, 11) is 0. The Kier molecular flexibility index (Phi) is 7.62. The molecule has 0 bridgehead atoms. The normalized spacial score (nSPS) is 19.0. The molecule has 3 heterocycles. The first-order valence-electron chi connectivity index (χ1n) is 10.4. The van der Waals surface area contributed by atoms with Crippen molar-refractivity contribution in [2.75, 3.05) is 11.5 Å². The molecule has 1 aromatic carbocycles. The molecular formula is C21H21N5O6S3. The summed E-state index contributed by atoms with van der Waals surface area (Å²) in [5.41, 5.74) is 1.37. The van der Waals surface area contributed by atoms with Crippen LogP contribution in [0, 0.1) is 6.92 Å². The Bertz CT molecular complexity index is 1200. The number of amides is 3. The minimum absolute atomic E-state index is 0.0289. The highest BCUT2D eigenvalue weighted by molar-refractivity contribution is 8.01. The summed E-state index contributed by atoms with van der Waals surface area (Å²) < 4.78 is 5.70. The number of carboxylic acid groups (broad SMARTS) is 1. The molecular weight excluding hydrogens is 514 g/mol. The number of hydrogen-bond acceptors (Lipinski definition) is 10. The number of esters is 1. The third-order valence-corrected chi connectivity index (χ3v) is 8.45. The molecule has 184 valence electrons. The van der Waals surface area contributed by atoms with Crippen LogP contribution in [0.2, 0.25) is 0 Å². The van der Waals surface area contributed by atoms with E-state index in [0.717, 1.165) is 14.9 Å². The Balaban J connectivity index is 1.33. The number of ether oxygens (including phenoxy) is 1. The number of rotatable bonds is 8. The highest BCUT2D eigenvalue weighted by Gasteiger charge is 2.54. The number of carbonyl (C=O) groups is 4. The van der Waals surface area contributed by atoms with Crippen LogP contribution in [0.5, 0.6) is 5.75 Å². The SMILES string of the molecule is CC(=O)Oc1ccc(CNC(=O)NC2C(=O)N3C(C(=O)O)=C(CSc4nnc(C)s4)CS[C@H]23)cc1. The van der Waals surface area contributed by atoms with E-state index in [1.165, 1.54) is 46.7 Å². The van der Waals surface area contributed by atoms with E-state index in [1.807, 2.05) is 6.92 Å². The fraction of sp³-hybridized carbons (Fsp3) is 0.333. The zero-order valence-corrected chi connectivity index (χ0v) is 21.1. The number of urea groups is 1. The van der Waals surface area contributed by atoms with Crippen LogP contribution in [0.25, 0.3) is 0 Å². The van der Waals surface area contributed by atoms with Crippen LogP contribution < -0.4 is 15.4 Å². The van der Waals surface area contributed by atoms with Gasteiger partial charge in [0, 0.05) is 25.0 Å². The molecule has 0 spiro atoms. The van der Waals surface area contributed by atoms with Crippen LogP contribution in [-0.2, 0) is 20.9 Å². The van der Waals surface area contributed by atoms with E-state index in [2.05, 4.69) is 20.8 Å². The Hall–Kier alpha value is -3.10. The first-order chi connectivity index (χ1) is 16.7. The quantitative estimate of drug-likeness (QED) is 0.198. The Morgan fingerprint density at radius 3 is 2.63 bits per heavy atom. The number of fused-ring (bicyclic) bond motifs is 1. The summed E-state index contributed by atoms with van der Waals surface area (Å²) in [6.07, 6.45) is 0. The monoisotopic (exact) mass is 535 g/mol. The van der Waals surface area contributed by atoms with Gasteiger partial charge >= 0.3 is 18.0 Å². The van der Waals surface area contributed by atoms with Crippen LogP contribution in [0.1, 0.15) is 17.5 Å². The first kappa shape index (κ1) is 25.0. The standard InChI is InChI=1S/C21H21N5O6S3/c1-10-24-25-21(35-10)34-9-13-8-33-18-15(17(28)26(18)16(13)19(29)30)23-20(31)22-7-12-3-5-14(6-4-12)32-11(2)27/h3-6,15,18H,7-9H2,1-2H3,(H,29,30)(H2,22,23,31)/t15?,18-/m1/s1. The molecule has 11 nitrogen and oxygen atoms in total.